The van der Waals surface area contributed by atoms with Crippen LogP contribution in [0.1, 0.15) is 10.4 Å². The van der Waals surface area contributed by atoms with E-state index in [-0.39, 0.29) is 5.91 Å². The molecule has 0 spiro atoms. The minimum absolute atomic E-state index is 0.175. The molecule has 1 rings (SSSR count). The van der Waals surface area contributed by atoms with Gasteiger partial charge in [-0.1, -0.05) is 11.6 Å². The van der Waals surface area contributed by atoms with Crippen molar-refractivity contribution in [3.05, 3.63) is 28.8 Å². The van der Waals surface area contributed by atoms with Crippen molar-refractivity contribution in [1.29, 1.82) is 0 Å². The molecule has 5 nitrogen and oxygen atoms in total. The highest BCUT2D eigenvalue weighted by Gasteiger charge is 2.18. The van der Waals surface area contributed by atoms with E-state index in [0.717, 1.165) is 0 Å². The van der Waals surface area contributed by atoms with Crippen LogP contribution in [0.25, 0.3) is 0 Å². The van der Waals surface area contributed by atoms with E-state index in [9.17, 15) is 4.79 Å². The van der Waals surface area contributed by atoms with E-state index >= 15 is 0 Å². The van der Waals surface area contributed by atoms with Gasteiger partial charge in [0, 0.05) is 33.0 Å². The molecule has 0 unspecified atom stereocenters. The standard InChI is InChI=1S/C13H19ClN2O3/c1-18-7-5-16(6-8-19-2)13(17)11-9-10(15)3-4-12(11)14/h3-4,9H,5-8,15H2,1-2H3. The second-order valence-corrected chi connectivity index (χ2v) is 4.42. The number of nitrogens with zero attached hydrogens (tertiary/aromatic N) is 1. The van der Waals surface area contributed by atoms with Crippen molar-refractivity contribution in [1.82, 2.24) is 4.90 Å². The van der Waals surface area contributed by atoms with Gasteiger partial charge in [-0.2, -0.15) is 0 Å². The molecule has 0 aromatic heterocycles. The first-order valence-corrected chi connectivity index (χ1v) is 6.30. The van der Waals surface area contributed by atoms with Gasteiger partial charge in [-0.15, -0.1) is 0 Å². The molecule has 6 heteroatoms. The molecule has 0 aliphatic heterocycles. The van der Waals surface area contributed by atoms with E-state index in [1.165, 1.54) is 0 Å². The largest absolute Gasteiger partial charge is 0.399 e. The third-order valence-corrected chi connectivity index (χ3v) is 2.97. The lowest BCUT2D eigenvalue weighted by molar-refractivity contribution is 0.0627. The molecule has 0 aliphatic rings. The van der Waals surface area contributed by atoms with Crippen LogP contribution in [0.4, 0.5) is 5.69 Å². The number of carbonyl (C=O) groups excluding carboxylic acids is 1. The molecule has 1 aromatic carbocycles. The zero-order chi connectivity index (χ0) is 14.3. The van der Waals surface area contributed by atoms with Gasteiger partial charge in [0.15, 0.2) is 0 Å². The molecule has 106 valence electrons. The van der Waals surface area contributed by atoms with E-state index in [1.54, 1.807) is 37.3 Å². The lowest BCUT2D eigenvalue weighted by Crippen LogP contribution is -2.36. The molecule has 0 aliphatic carbocycles. The summed E-state index contributed by atoms with van der Waals surface area (Å²) in [6.45, 7) is 1.86. The van der Waals surface area contributed by atoms with Crippen LogP contribution < -0.4 is 5.73 Å². The van der Waals surface area contributed by atoms with Gasteiger partial charge >= 0.3 is 0 Å². The van der Waals surface area contributed by atoms with Crippen LogP contribution in [0.5, 0.6) is 0 Å². The van der Waals surface area contributed by atoms with E-state index in [2.05, 4.69) is 0 Å². The first-order chi connectivity index (χ1) is 9.10. The first kappa shape index (κ1) is 15.8. The number of halogens is 1. The molecule has 0 saturated carbocycles. The second kappa shape index (κ2) is 7.99. The van der Waals surface area contributed by atoms with Crippen LogP contribution in [0.2, 0.25) is 5.02 Å². The highest BCUT2D eigenvalue weighted by molar-refractivity contribution is 6.34. The van der Waals surface area contributed by atoms with Crippen molar-refractivity contribution < 1.29 is 14.3 Å². The van der Waals surface area contributed by atoms with Crippen molar-refractivity contribution in [3.63, 3.8) is 0 Å². The number of carbonyl (C=O) groups is 1. The van der Waals surface area contributed by atoms with Gasteiger partial charge < -0.3 is 20.1 Å². The summed E-state index contributed by atoms with van der Waals surface area (Å²) in [6.07, 6.45) is 0. The lowest BCUT2D eigenvalue weighted by Gasteiger charge is -2.22. The van der Waals surface area contributed by atoms with Gasteiger partial charge in [0.2, 0.25) is 0 Å². The fourth-order valence-electron chi connectivity index (χ4n) is 1.59. The molecule has 0 fully saturated rings. The molecular weight excluding hydrogens is 268 g/mol. The van der Waals surface area contributed by atoms with Crippen LogP contribution in [-0.2, 0) is 9.47 Å². The predicted molar refractivity (Wildman–Crippen MR) is 75.5 cm³/mol. The Hall–Kier alpha value is -1.30. The SMILES string of the molecule is COCCN(CCOC)C(=O)c1cc(N)ccc1Cl. The van der Waals surface area contributed by atoms with Crippen molar-refractivity contribution >= 4 is 23.2 Å². The Morgan fingerprint density at radius 2 is 1.84 bits per heavy atom. The smallest absolute Gasteiger partial charge is 0.255 e. The van der Waals surface area contributed by atoms with E-state index in [1.807, 2.05) is 0 Å². The van der Waals surface area contributed by atoms with Crippen LogP contribution in [0, 0.1) is 0 Å². The Kier molecular flexibility index (Phi) is 6.62. The summed E-state index contributed by atoms with van der Waals surface area (Å²) in [6, 6.07) is 4.86. The van der Waals surface area contributed by atoms with Crippen molar-refractivity contribution in [3.8, 4) is 0 Å². The number of amides is 1. The topological polar surface area (TPSA) is 64.8 Å². The zero-order valence-corrected chi connectivity index (χ0v) is 11.9. The molecule has 2 N–H and O–H groups in total. The molecule has 19 heavy (non-hydrogen) atoms. The fraction of sp³-hybridized carbons (Fsp3) is 0.462. The molecular formula is C13H19ClN2O3. The number of hydrogen-bond acceptors (Lipinski definition) is 4. The van der Waals surface area contributed by atoms with Gasteiger partial charge in [-0.05, 0) is 18.2 Å². The lowest BCUT2D eigenvalue weighted by atomic mass is 10.1. The highest BCUT2D eigenvalue weighted by Crippen LogP contribution is 2.20. The Morgan fingerprint density at radius 3 is 2.37 bits per heavy atom. The molecule has 0 radical (unpaired) electrons. The maximum absolute atomic E-state index is 12.4. The predicted octanol–water partition coefficient (Wildman–Crippen LogP) is 1.66. The van der Waals surface area contributed by atoms with E-state index in [4.69, 9.17) is 26.8 Å². The van der Waals surface area contributed by atoms with Crippen LogP contribution in [0.15, 0.2) is 18.2 Å². The van der Waals surface area contributed by atoms with Crippen molar-refractivity contribution in [2.45, 2.75) is 0 Å². The maximum atomic E-state index is 12.4. The average molecular weight is 287 g/mol. The Morgan fingerprint density at radius 1 is 1.26 bits per heavy atom. The third-order valence-electron chi connectivity index (χ3n) is 2.64. The summed E-state index contributed by atoms with van der Waals surface area (Å²) >= 11 is 6.04. The molecule has 1 amide bonds. The summed E-state index contributed by atoms with van der Waals surface area (Å²) < 4.78 is 10.00. The highest BCUT2D eigenvalue weighted by atomic mass is 35.5. The van der Waals surface area contributed by atoms with Gasteiger partial charge in [0.05, 0.1) is 23.8 Å². The summed E-state index contributed by atoms with van der Waals surface area (Å²) in [5.41, 5.74) is 6.59. The van der Waals surface area contributed by atoms with Crippen molar-refractivity contribution in [2.24, 2.45) is 0 Å². The number of ether oxygens (including phenoxy) is 2. The number of benzene rings is 1. The third kappa shape index (κ3) is 4.70. The summed E-state index contributed by atoms with van der Waals surface area (Å²) in [5.74, 6) is -0.175. The second-order valence-electron chi connectivity index (χ2n) is 4.02. The minimum Gasteiger partial charge on any atom is -0.399 e. The van der Waals surface area contributed by atoms with Gasteiger partial charge in [-0.25, -0.2) is 0 Å². The summed E-state index contributed by atoms with van der Waals surface area (Å²) in [5, 5.41) is 0.388. The zero-order valence-electron chi connectivity index (χ0n) is 11.2. The van der Waals surface area contributed by atoms with Crippen LogP contribution >= 0.6 is 11.6 Å². The quantitative estimate of drug-likeness (QED) is 0.774. The average Bonchev–Trinajstić information content (AvgIpc) is 2.41. The Bertz CT molecular complexity index is 418. The molecule has 0 saturated heterocycles. The summed E-state index contributed by atoms with van der Waals surface area (Å²) in [4.78, 5) is 14.0. The fourth-order valence-corrected chi connectivity index (χ4v) is 1.79. The van der Waals surface area contributed by atoms with Gasteiger partial charge in [-0.3, -0.25) is 4.79 Å². The monoisotopic (exact) mass is 286 g/mol. The number of anilines is 1. The van der Waals surface area contributed by atoms with E-state index < -0.39 is 0 Å². The molecule has 0 atom stereocenters. The maximum Gasteiger partial charge on any atom is 0.255 e. The Labute approximate surface area is 118 Å². The minimum atomic E-state index is -0.175. The van der Waals surface area contributed by atoms with Gasteiger partial charge in [0.25, 0.3) is 5.91 Å². The number of hydrogen-bond donors (Lipinski definition) is 1. The normalized spacial score (nSPS) is 10.5. The number of methoxy groups -OCH3 is 2. The number of rotatable bonds is 7. The molecule has 1 aromatic rings. The van der Waals surface area contributed by atoms with Gasteiger partial charge in [0.1, 0.15) is 0 Å². The molecule has 0 heterocycles. The van der Waals surface area contributed by atoms with Crippen LogP contribution in [-0.4, -0.2) is 51.3 Å². The Balaban J connectivity index is 2.87. The number of nitrogen functional groups attached to an aromatic ring is 1. The number of nitrogens with two attached hydrogens (primary N) is 1. The van der Waals surface area contributed by atoms with Crippen molar-refractivity contribution in [2.75, 3.05) is 46.3 Å². The molecule has 0 bridgehead atoms. The van der Waals surface area contributed by atoms with E-state index in [0.29, 0.717) is 42.6 Å². The van der Waals surface area contributed by atoms with Crippen LogP contribution in [0.3, 0.4) is 0 Å². The first-order valence-electron chi connectivity index (χ1n) is 5.92. The summed E-state index contributed by atoms with van der Waals surface area (Å²) in [7, 11) is 3.18.